The Kier molecular flexibility index (Phi) is 3.63. The van der Waals surface area contributed by atoms with Crippen LogP contribution < -0.4 is 11.1 Å². The molecule has 0 aromatic carbocycles. The Hall–Kier alpha value is -1.46. The van der Waals surface area contributed by atoms with Crippen molar-refractivity contribution in [1.82, 2.24) is 14.8 Å². The van der Waals surface area contributed by atoms with E-state index in [0.717, 1.165) is 11.3 Å². The van der Waals surface area contributed by atoms with Crippen LogP contribution in [0, 0.1) is 6.92 Å². The third kappa shape index (κ3) is 2.68. The lowest BCUT2D eigenvalue weighted by molar-refractivity contribution is 0.756. The van der Waals surface area contributed by atoms with Crippen molar-refractivity contribution in [2.45, 2.75) is 13.5 Å². The third-order valence-electron chi connectivity index (χ3n) is 2.52. The summed E-state index contributed by atoms with van der Waals surface area (Å²) in [7, 11) is 1.88. The zero-order chi connectivity index (χ0) is 13.3. The first-order valence-electron chi connectivity index (χ1n) is 5.32. The van der Waals surface area contributed by atoms with Gasteiger partial charge in [0.2, 0.25) is 0 Å². The van der Waals surface area contributed by atoms with Crippen LogP contribution in [0.25, 0.3) is 0 Å². The van der Waals surface area contributed by atoms with Crippen LogP contribution in [-0.4, -0.2) is 14.8 Å². The standard InChI is InChI=1S/C11H13Cl2N5/c1-6-7(5-18(2)17-6)4-15-11-9(13)3-8(12)10(14)16-11/h3,5H,4H2,1-2H3,(H3,14,15,16). The molecule has 5 nitrogen and oxygen atoms in total. The van der Waals surface area contributed by atoms with Crippen molar-refractivity contribution >= 4 is 34.8 Å². The summed E-state index contributed by atoms with van der Waals surface area (Å²) in [6.07, 6.45) is 1.94. The Morgan fingerprint density at radius 1 is 1.39 bits per heavy atom. The molecule has 2 aromatic rings. The van der Waals surface area contributed by atoms with Crippen LogP contribution in [0.1, 0.15) is 11.3 Å². The molecule has 2 heterocycles. The zero-order valence-electron chi connectivity index (χ0n) is 10.0. The van der Waals surface area contributed by atoms with E-state index in [4.69, 9.17) is 28.9 Å². The van der Waals surface area contributed by atoms with Gasteiger partial charge in [-0.2, -0.15) is 5.10 Å². The first-order valence-corrected chi connectivity index (χ1v) is 6.07. The van der Waals surface area contributed by atoms with Crippen LogP contribution in [0.2, 0.25) is 10.0 Å². The topological polar surface area (TPSA) is 68.8 Å². The van der Waals surface area contributed by atoms with Crippen LogP contribution >= 0.6 is 23.2 Å². The molecule has 0 aliphatic heterocycles. The summed E-state index contributed by atoms with van der Waals surface area (Å²) in [6.45, 7) is 2.52. The molecule has 3 N–H and O–H groups in total. The molecule has 0 bridgehead atoms. The molecule has 2 aromatic heterocycles. The van der Waals surface area contributed by atoms with Gasteiger partial charge in [0.1, 0.15) is 11.6 Å². The van der Waals surface area contributed by atoms with Crippen molar-refractivity contribution in [1.29, 1.82) is 0 Å². The van der Waals surface area contributed by atoms with Gasteiger partial charge < -0.3 is 11.1 Å². The fourth-order valence-electron chi connectivity index (χ4n) is 1.61. The largest absolute Gasteiger partial charge is 0.382 e. The normalized spacial score (nSPS) is 10.7. The van der Waals surface area contributed by atoms with Gasteiger partial charge in [-0.25, -0.2) is 4.98 Å². The Balaban J connectivity index is 2.15. The molecule has 0 fully saturated rings. The lowest BCUT2D eigenvalue weighted by Crippen LogP contribution is -2.04. The van der Waals surface area contributed by atoms with Gasteiger partial charge in [-0.15, -0.1) is 0 Å². The van der Waals surface area contributed by atoms with E-state index < -0.39 is 0 Å². The Morgan fingerprint density at radius 2 is 2.11 bits per heavy atom. The molecule has 0 atom stereocenters. The van der Waals surface area contributed by atoms with E-state index >= 15 is 0 Å². The highest BCUT2D eigenvalue weighted by Crippen LogP contribution is 2.27. The van der Waals surface area contributed by atoms with Crippen molar-refractivity contribution < 1.29 is 0 Å². The summed E-state index contributed by atoms with van der Waals surface area (Å²) in [5.74, 6) is 0.772. The number of nitrogens with two attached hydrogens (primary N) is 1. The minimum atomic E-state index is 0.256. The second-order valence-corrected chi connectivity index (χ2v) is 4.77. The van der Waals surface area contributed by atoms with Crippen LogP contribution in [0.5, 0.6) is 0 Å². The highest BCUT2D eigenvalue weighted by atomic mass is 35.5. The van der Waals surface area contributed by atoms with Crippen molar-refractivity contribution in [3.8, 4) is 0 Å². The van der Waals surface area contributed by atoms with Gasteiger partial charge in [-0.1, -0.05) is 23.2 Å². The molecule has 0 aliphatic carbocycles. The van der Waals surface area contributed by atoms with Gasteiger partial charge in [0.15, 0.2) is 0 Å². The molecule has 0 radical (unpaired) electrons. The quantitative estimate of drug-likeness (QED) is 0.910. The van der Waals surface area contributed by atoms with Crippen LogP contribution in [0.15, 0.2) is 12.3 Å². The summed E-state index contributed by atoms with van der Waals surface area (Å²) in [4.78, 5) is 4.10. The maximum absolute atomic E-state index is 6.03. The average Bonchev–Trinajstić information content (AvgIpc) is 2.61. The predicted molar refractivity (Wildman–Crippen MR) is 73.9 cm³/mol. The molecular weight excluding hydrogens is 273 g/mol. The SMILES string of the molecule is Cc1nn(C)cc1CNc1nc(N)c(Cl)cc1Cl. The summed E-state index contributed by atoms with van der Waals surface area (Å²) in [5.41, 5.74) is 7.67. The second-order valence-electron chi connectivity index (χ2n) is 3.95. The van der Waals surface area contributed by atoms with Crippen LogP contribution in [0.4, 0.5) is 11.6 Å². The van der Waals surface area contributed by atoms with Crippen molar-refractivity contribution in [2.75, 3.05) is 11.1 Å². The number of nitrogen functional groups attached to an aromatic ring is 1. The van der Waals surface area contributed by atoms with Crippen LogP contribution in [-0.2, 0) is 13.6 Å². The van der Waals surface area contributed by atoms with E-state index in [1.54, 1.807) is 10.7 Å². The summed E-state index contributed by atoms with van der Waals surface area (Å²) in [5, 5.41) is 8.16. The molecule has 0 amide bonds. The van der Waals surface area contributed by atoms with E-state index in [2.05, 4.69) is 15.4 Å². The molecule has 0 unspecified atom stereocenters. The number of hydrogen-bond donors (Lipinski definition) is 2. The number of rotatable bonds is 3. The monoisotopic (exact) mass is 285 g/mol. The molecule has 0 spiro atoms. The summed E-state index contributed by atoms with van der Waals surface area (Å²) >= 11 is 11.8. The lowest BCUT2D eigenvalue weighted by atomic mass is 10.2. The molecular formula is C11H13Cl2N5. The van der Waals surface area contributed by atoms with Gasteiger partial charge in [0.25, 0.3) is 0 Å². The molecule has 0 aliphatic rings. The third-order valence-corrected chi connectivity index (χ3v) is 3.11. The maximum atomic E-state index is 6.03. The maximum Gasteiger partial charge on any atom is 0.147 e. The van der Waals surface area contributed by atoms with Gasteiger partial charge in [-0.3, -0.25) is 4.68 Å². The first kappa shape index (κ1) is 13.0. The fourth-order valence-corrected chi connectivity index (χ4v) is 2.03. The fraction of sp³-hybridized carbons (Fsp3) is 0.273. The van der Waals surface area contributed by atoms with E-state index in [9.17, 15) is 0 Å². The van der Waals surface area contributed by atoms with Gasteiger partial charge >= 0.3 is 0 Å². The highest BCUT2D eigenvalue weighted by Gasteiger charge is 2.08. The Labute approximate surface area is 115 Å². The van der Waals surface area contributed by atoms with E-state index in [1.807, 2.05) is 20.2 Å². The Morgan fingerprint density at radius 3 is 2.72 bits per heavy atom. The second kappa shape index (κ2) is 5.04. The van der Waals surface area contributed by atoms with E-state index in [-0.39, 0.29) is 5.82 Å². The molecule has 0 saturated heterocycles. The number of anilines is 2. The number of aromatic nitrogens is 3. The minimum absolute atomic E-state index is 0.256. The number of hydrogen-bond acceptors (Lipinski definition) is 4. The Bertz CT molecular complexity index is 579. The van der Waals surface area contributed by atoms with Crippen molar-refractivity contribution in [3.63, 3.8) is 0 Å². The number of halogens is 2. The summed E-state index contributed by atoms with van der Waals surface area (Å²) < 4.78 is 1.76. The number of aryl methyl sites for hydroxylation is 2. The zero-order valence-corrected chi connectivity index (χ0v) is 11.5. The van der Waals surface area contributed by atoms with Gasteiger partial charge in [0, 0.05) is 25.4 Å². The lowest BCUT2D eigenvalue weighted by Gasteiger charge is -2.08. The molecule has 0 saturated carbocycles. The highest BCUT2D eigenvalue weighted by molar-refractivity contribution is 6.37. The molecule has 2 rings (SSSR count). The predicted octanol–water partition coefficient (Wildman–Crippen LogP) is 2.62. The number of pyridine rings is 1. The molecule has 96 valence electrons. The van der Waals surface area contributed by atoms with Gasteiger partial charge in [0.05, 0.1) is 15.7 Å². The van der Waals surface area contributed by atoms with Crippen LogP contribution in [0.3, 0.4) is 0 Å². The number of nitrogens with one attached hydrogen (secondary N) is 1. The molecule has 18 heavy (non-hydrogen) atoms. The number of nitrogens with zero attached hydrogens (tertiary/aromatic N) is 3. The van der Waals surface area contributed by atoms with E-state index in [1.165, 1.54) is 0 Å². The van der Waals surface area contributed by atoms with Crippen molar-refractivity contribution in [3.05, 3.63) is 33.6 Å². The van der Waals surface area contributed by atoms with E-state index in [0.29, 0.717) is 22.4 Å². The van der Waals surface area contributed by atoms with Crippen molar-refractivity contribution in [2.24, 2.45) is 7.05 Å². The summed E-state index contributed by atoms with van der Waals surface area (Å²) in [6, 6.07) is 1.57. The molecule has 7 heteroatoms. The smallest absolute Gasteiger partial charge is 0.147 e. The average molecular weight is 286 g/mol. The first-order chi connectivity index (χ1) is 8.47. The minimum Gasteiger partial charge on any atom is -0.382 e. The van der Waals surface area contributed by atoms with Gasteiger partial charge in [-0.05, 0) is 13.0 Å².